The molecule has 2 aromatic heterocycles. The number of aromatic nitrogens is 4. The van der Waals surface area contributed by atoms with Gasteiger partial charge in [-0.15, -0.1) is 0 Å². The van der Waals surface area contributed by atoms with Gasteiger partial charge in [0.05, 0.1) is 17.6 Å². The number of carbonyl (C=O) groups excluding carboxylic acids is 2. The van der Waals surface area contributed by atoms with E-state index in [2.05, 4.69) is 25.8 Å². The number of rotatable bonds is 9. The Balaban J connectivity index is 1.27. The smallest absolute Gasteiger partial charge is 0.449 e. The number of carbonyl (C=O) groups is 2. The lowest BCUT2D eigenvalue weighted by molar-refractivity contribution is -0.146. The number of nitrogens with zero attached hydrogens (tertiary/aromatic N) is 4. The van der Waals surface area contributed by atoms with Crippen molar-refractivity contribution in [1.29, 1.82) is 0 Å². The zero-order chi connectivity index (χ0) is 26.6. The van der Waals surface area contributed by atoms with Crippen LogP contribution in [0.2, 0.25) is 5.02 Å². The van der Waals surface area contributed by atoms with Gasteiger partial charge in [-0.3, -0.25) is 9.59 Å². The fourth-order valence-electron chi connectivity index (χ4n) is 3.36. The van der Waals surface area contributed by atoms with Crippen molar-refractivity contribution in [1.82, 2.24) is 30.3 Å². The van der Waals surface area contributed by atoms with Crippen molar-refractivity contribution < 1.29 is 32.0 Å². The monoisotopic (exact) mass is 536 g/mol. The van der Waals surface area contributed by atoms with Crippen LogP contribution in [-0.2, 0) is 17.5 Å². The van der Waals surface area contributed by atoms with Crippen LogP contribution < -0.4 is 15.4 Å². The minimum atomic E-state index is -4.70. The van der Waals surface area contributed by atoms with Crippen LogP contribution in [0.3, 0.4) is 0 Å². The lowest BCUT2D eigenvalue weighted by Gasteiger charge is -2.09. The normalized spacial score (nSPS) is 11.5. The third kappa shape index (κ3) is 6.36. The van der Waals surface area contributed by atoms with Gasteiger partial charge in [0.15, 0.2) is 12.4 Å². The molecule has 0 saturated carbocycles. The van der Waals surface area contributed by atoms with E-state index in [0.29, 0.717) is 10.8 Å². The highest BCUT2D eigenvalue weighted by Gasteiger charge is 2.38. The Hall–Kier alpha value is -4.13. The Morgan fingerprint density at radius 2 is 1.86 bits per heavy atom. The predicted octanol–water partition coefficient (Wildman–Crippen LogP) is 3.37. The fraction of sp³-hybridized carbons (Fsp3) is 0.261. The molecule has 0 atom stereocenters. The number of ether oxygens (including phenoxy) is 1. The Bertz CT molecular complexity index is 1440. The van der Waals surface area contributed by atoms with E-state index in [-0.39, 0.29) is 36.6 Å². The van der Waals surface area contributed by atoms with Crippen LogP contribution in [0.5, 0.6) is 5.75 Å². The topological polar surface area (TPSA) is 124 Å². The number of hydrogen-bond acceptors (Lipinski definition) is 7. The molecule has 0 aliphatic carbocycles. The van der Waals surface area contributed by atoms with E-state index in [0.717, 1.165) is 10.1 Å². The summed E-state index contributed by atoms with van der Waals surface area (Å²) in [6.07, 6.45) is -4.70. The van der Waals surface area contributed by atoms with Crippen molar-refractivity contribution in [2.24, 2.45) is 0 Å². The van der Waals surface area contributed by atoms with Gasteiger partial charge in [0.1, 0.15) is 5.75 Å². The zero-order valence-corrected chi connectivity index (χ0v) is 20.1. The maximum absolute atomic E-state index is 13.5. The molecule has 0 aliphatic rings. The molecule has 0 aliphatic heterocycles. The molecule has 2 aromatic carbocycles. The first-order chi connectivity index (χ1) is 17.6. The van der Waals surface area contributed by atoms with Crippen molar-refractivity contribution in [2.75, 3.05) is 19.7 Å². The number of amides is 2. The van der Waals surface area contributed by atoms with Crippen LogP contribution in [-0.4, -0.2) is 51.2 Å². The number of aryl methyl sites for hydroxylation is 1. The third-order valence-corrected chi connectivity index (χ3v) is 5.53. The second-order valence-corrected chi connectivity index (χ2v) is 8.24. The molecule has 0 fully saturated rings. The average Bonchev–Trinajstić information content (AvgIpc) is 3.48. The summed E-state index contributed by atoms with van der Waals surface area (Å²) in [5.74, 6) is -2.34. The minimum absolute atomic E-state index is 0.0344. The van der Waals surface area contributed by atoms with Crippen molar-refractivity contribution in [3.63, 3.8) is 0 Å². The number of imidazole rings is 1. The van der Waals surface area contributed by atoms with E-state index in [1.54, 1.807) is 30.3 Å². The SMILES string of the molecule is Cc1cc(OCC(=O)NCCNC(=O)c2nc(Cn3c(C(F)(F)F)nc4ccccc43)no2)ccc1Cl. The molecule has 4 aromatic rings. The third-order valence-electron chi connectivity index (χ3n) is 5.10. The van der Waals surface area contributed by atoms with Crippen LogP contribution in [0.4, 0.5) is 13.2 Å². The Morgan fingerprint density at radius 3 is 2.62 bits per heavy atom. The highest BCUT2D eigenvalue weighted by Crippen LogP contribution is 2.31. The molecule has 10 nitrogen and oxygen atoms in total. The molecule has 2 amide bonds. The Morgan fingerprint density at radius 1 is 1.11 bits per heavy atom. The van der Waals surface area contributed by atoms with Crippen LogP contribution >= 0.6 is 11.6 Å². The molecule has 0 radical (unpaired) electrons. The number of hydrogen-bond donors (Lipinski definition) is 2. The molecule has 4 rings (SSSR count). The standard InChI is InChI=1S/C23H20ClF3N6O4/c1-13-10-14(6-7-15(13)24)36-12-19(34)28-8-9-29-20(35)21-31-18(32-37-21)11-33-17-5-3-2-4-16(17)30-22(33)23(25,26)27/h2-7,10H,8-9,11-12H2,1H3,(H,28,34)(H,29,35). The molecule has 0 unspecified atom stereocenters. The van der Waals surface area contributed by atoms with Crippen molar-refractivity contribution in [2.45, 2.75) is 19.6 Å². The van der Waals surface area contributed by atoms with E-state index < -0.39 is 36.3 Å². The summed E-state index contributed by atoms with van der Waals surface area (Å²) in [4.78, 5) is 31.7. The summed E-state index contributed by atoms with van der Waals surface area (Å²) in [5.41, 5.74) is 1.20. The number of nitrogens with one attached hydrogen (secondary N) is 2. The maximum atomic E-state index is 13.5. The van der Waals surface area contributed by atoms with E-state index in [1.165, 1.54) is 12.1 Å². The summed E-state index contributed by atoms with van der Waals surface area (Å²) in [5, 5.41) is 9.24. The fourth-order valence-corrected chi connectivity index (χ4v) is 3.48. The van der Waals surface area contributed by atoms with Gasteiger partial charge in [0.2, 0.25) is 5.82 Å². The van der Waals surface area contributed by atoms with Crippen LogP contribution in [0.15, 0.2) is 47.0 Å². The van der Waals surface area contributed by atoms with Crippen molar-refractivity contribution in [3.8, 4) is 5.75 Å². The van der Waals surface area contributed by atoms with Gasteiger partial charge >= 0.3 is 18.0 Å². The van der Waals surface area contributed by atoms with Crippen LogP contribution in [0, 0.1) is 6.92 Å². The summed E-state index contributed by atoms with van der Waals surface area (Å²) >= 11 is 5.95. The number of alkyl halides is 3. The summed E-state index contributed by atoms with van der Waals surface area (Å²) in [6, 6.07) is 11.1. The molecule has 14 heteroatoms. The first kappa shape index (κ1) is 25.9. The molecular formula is C23H20ClF3N6O4. The van der Waals surface area contributed by atoms with Crippen molar-refractivity contribution >= 4 is 34.4 Å². The molecular weight excluding hydrogens is 517 g/mol. The molecule has 37 heavy (non-hydrogen) atoms. The second-order valence-electron chi connectivity index (χ2n) is 7.83. The molecule has 0 bridgehead atoms. The zero-order valence-electron chi connectivity index (χ0n) is 19.3. The largest absolute Gasteiger partial charge is 0.484 e. The quantitative estimate of drug-likeness (QED) is 0.314. The minimum Gasteiger partial charge on any atom is -0.484 e. The maximum Gasteiger partial charge on any atom is 0.449 e. The molecule has 0 saturated heterocycles. The number of fused-ring (bicyclic) bond motifs is 1. The summed E-state index contributed by atoms with van der Waals surface area (Å²) in [7, 11) is 0. The van der Waals surface area contributed by atoms with E-state index >= 15 is 0 Å². The van der Waals surface area contributed by atoms with Gasteiger partial charge < -0.3 is 24.5 Å². The number of benzene rings is 2. The first-order valence-electron chi connectivity index (χ1n) is 10.9. The lowest BCUT2D eigenvalue weighted by atomic mass is 10.2. The van der Waals surface area contributed by atoms with Crippen LogP contribution in [0.25, 0.3) is 11.0 Å². The second kappa shape index (κ2) is 10.9. The number of para-hydroxylation sites is 2. The van der Waals surface area contributed by atoms with E-state index in [1.807, 2.05) is 6.92 Å². The average molecular weight is 537 g/mol. The van der Waals surface area contributed by atoms with Gasteiger partial charge in [-0.1, -0.05) is 28.9 Å². The Labute approximate surface area is 212 Å². The van der Waals surface area contributed by atoms with Gasteiger partial charge in [0, 0.05) is 18.1 Å². The number of halogens is 4. The van der Waals surface area contributed by atoms with Gasteiger partial charge in [-0.05, 0) is 42.8 Å². The van der Waals surface area contributed by atoms with Gasteiger partial charge in [-0.25, -0.2) is 4.98 Å². The Kier molecular flexibility index (Phi) is 7.62. The van der Waals surface area contributed by atoms with E-state index in [4.69, 9.17) is 20.9 Å². The predicted molar refractivity (Wildman–Crippen MR) is 125 cm³/mol. The van der Waals surface area contributed by atoms with Crippen LogP contribution in [0.1, 0.15) is 27.9 Å². The highest BCUT2D eigenvalue weighted by molar-refractivity contribution is 6.31. The van der Waals surface area contributed by atoms with E-state index in [9.17, 15) is 22.8 Å². The summed E-state index contributed by atoms with van der Waals surface area (Å²) < 4.78 is 51.6. The lowest BCUT2D eigenvalue weighted by Crippen LogP contribution is -2.36. The van der Waals surface area contributed by atoms with Gasteiger partial charge in [0.25, 0.3) is 5.91 Å². The summed E-state index contributed by atoms with van der Waals surface area (Å²) in [6.45, 7) is 1.29. The molecule has 2 heterocycles. The first-order valence-corrected chi connectivity index (χ1v) is 11.3. The molecule has 2 N–H and O–H groups in total. The highest BCUT2D eigenvalue weighted by atomic mass is 35.5. The van der Waals surface area contributed by atoms with Crippen molar-refractivity contribution in [3.05, 3.63) is 70.6 Å². The molecule has 0 spiro atoms. The van der Waals surface area contributed by atoms with Gasteiger partial charge in [-0.2, -0.15) is 18.2 Å². The molecule has 194 valence electrons.